The first-order valence-electron chi connectivity index (χ1n) is 6.99. The summed E-state index contributed by atoms with van der Waals surface area (Å²) >= 11 is 0. The Labute approximate surface area is 137 Å². The van der Waals surface area contributed by atoms with Crippen molar-refractivity contribution in [1.82, 2.24) is 0 Å². The minimum atomic E-state index is -1.86. The van der Waals surface area contributed by atoms with Gasteiger partial charge in [-0.2, -0.15) is 0 Å². The zero-order valence-corrected chi connectivity index (χ0v) is 12.7. The monoisotopic (exact) mass is 362 g/mol. The number of rotatable bonds is 8. The fraction of sp³-hybridized carbons (Fsp3) is 1.00. The highest BCUT2D eigenvalue weighted by Crippen LogP contribution is 2.22. The van der Waals surface area contributed by atoms with Crippen LogP contribution in [-0.2, 0) is 9.47 Å². The van der Waals surface area contributed by atoms with Crippen LogP contribution >= 0.6 is 0 Å². The molecule has 0 aromatic heterocycles. The molecular formula is C12H26O12. The van der Waals surface area contributed by atoms with Gasteiger partial charge in [-0.15, -0.1) is 0 Å². The molecule has 1 unspecified atom stereocenters. The maximum Gasteiger partial charge on any atom is 0.186 e. The molecule has 0 aromatic carbocycles. The van der Waals surface area contributed by atoms with Crippen molar-refractivity contribution in [2.75, 3.05) is 19.8 Å². The summed E-state index contributed by atoms with van der Waals surface area (Å²) in [6.07, 6.45) is -14.7. The summed E-state index contributed by atoms with van der Waals surface area (Å²) in [5.41, 5.74) is 0. The Bertz CT molecular complexity index is 342. The maximum atomic E-state index is 9.70. The quantitative estimate of drug-likeness (QED) is 0.197. The van der Waals surface area contributed by atoms with E-state index in [-0.39, 0.29) is 5.48 Å². The highest BCUT2D eigenvalue weighted by Gasteiger charge is 2.44. The number of aliphatic hydroxyl groups excluding tert-OH is 9. The molecule has 1 aliphatic heterocycles. The molecule has 12 nitrogen and oxygen atoms in total. The van der Waals surface area contributed by atoms with Gasteiger partial charge in [0, 0.05) is 0 Å². The van der Waals surface area contributed by atoms with Gasteiger partial charge in [0.05, 0.1) is 19.8 Å². The predicted molar refractivity (Wildman–Crippen MR) is 74.4 cm³/mol. The van der Waals surface area contributed by atoms with E-state index >= 15 is 0 Å². The molecule has 11 N–H and O–H groups in total. The zero-order chi connectivity index (χ0) is 17.7. The van der Waals surface area contributed by atoms with Crippen molar-refractivity contribution in [2.24, 2.45) is 0 Å². The Morgan fingerprint density at radius 1 is 0.833 bits per heavy atom. The molecule has 146 valence electrons. The lowest BCUT2D eigenvalue weighted by atomic mass is 9.99. The second kappa shape index (κ2) is 10.5. The van der Waals surface area contributed by atoms with Crippen LogP contribution in [0.2, 0.25) is 0 Å². The fourth-order valence-electron chi connectivity index (χ4n) is 2.06. The summed E-state index contributed by atoms with van der Waals surface area (Å²) in [6.45, 7) is -2.16. The zero-order valence-electron chi connectivity index (χ0n) is 12.7. The summed E-state index contributed by atoms with van der Waals surface area (Å²) in [6, 6.07) is 0. The van der Waals surface area contributed by atoms with Gasteiger partial charge in [0.1, 0.15) is 48.8 Å². The minimum absolute atomic E-state index is 0. The predicted octanol–water partition coefficient (Wildman–Crippen LogP) is -6.59. The van der Waals surface area contributed by atoms with E-state index in [2.05, 4.69) is 0 Å². The third-order valence-electron chi connectivity index (χ3n) is 3.61. The van der Waals surface area contributed by atoms with Crippen LogP contribution in [0, 0.1) is 0 Å². The molecule has 24 heavy (non-hydrogen) atoms. The minimum Gasteiger partial charge on any atom is -0.412 e. The van der Waals surface area contributed by atoms with Gasteiger partial charge in [0.2, 0.25) is 0 Å². The second-order valence-corrected chi connectivity index (χ2v) is 5.33. The molecule has 0 aromatic rings. The molecule has 0 spiro atoms. The maximum absolute atomic E-state index is 9.70. The van der Waals surface area contributed by atoms with E-state index in [4.69, 9.17) is 19.7 Å². The van der Waals surface area contributed by atoms with Crippen molar-refractivity contribution in [1.29, 1.82) is 0 Å². The molecule has 0 radical (unpaired) electrons. The van der Waals surface area contributed by atoms with Gasteiger partial charge in [-0.1, -0.05) is 0 Å². The van der Waals surface area contributed by atoms with Crippen molar-refractivity contribution in [3.05, 3.63) is 0 Å². The molecule has 1 fully saturated rings. The van der Waals surface area contributed by atoms with Crippen molar-refractivity contribution >= 4 is 0 Å². The van der Waals surface area contributed by atoms with Gasteiger partial charge in [-0.05, 0) is 0 Å². The molecule has 0 amide bonds. The van der Waals surface area contributed by atoms with E-state index in [1.165, 1.54) is 0 Å². The Balaban J connectivity index is 0.00000529. The SMILES string of the molecule is O.OC[C@@H](O)[C@@H](O)[C@H](O)[C@@H](O)COC1O[C@H](CO)[C@H](O)[C@H](O)[C@H]1O. The fourth-order valence-corrected chi connectivity index (χ4v) is 2.06. The van der Waals surface area contributed by atoms with Gasteiger partial charge in [-0.3, -0.25) is 0 Å². The smallest absolute Gasteiger partial charge is 0.186 e. The van der Waals surface area contributed by atoms with Crippen molar-refractivity contribution in [3.8, 4) is 0 Å². The van der Waals surface area contributed by atoms with Gasteiger partial charge in [0.15, 0.2) is 6.29 Å². The van der Waals surface area contributed by atoms with E-state index in [0.717, 1.165) is 0 Å². The summed E-state index contributed by atoms with van der Waals surface area (Å²) in [4.78, 5) is 0. The molecule has 12 heteroatoms. The number of hydrogen-bond acceptors (Lipinski definition) is 11. The Kier molecular flexibility index (Phi) is 10.3. The Morgan fingerprint density at radius 2 is 1.38 bits per heavy atom. The van der Waals surface area contributed by atoms with Crippen molar-refractivity contribution in [3.63, 3.8) is 0 Å². The Hall–Kier alpha value is -0.480. The van der Waals surface area contributed by atoms with E-state index < -0.39 is 74.9 Å². The number of hydrogen-bond donors (Lipinski definition) is 9. The van der Waals surface area contributed by atoms with Gasteiger partial charge >= 0.3 is 0 Å². The van der Waals surface area contributed by atoms with Crippen LogP contribution in [0.5, 0.6) is 0 Å². The first kappa shape index (κ1) is 23.5. The van der Waals surface area contributed by atoms with Gasteiger partial charge in [-0.25, -0.2) is 0 Å². The normalized spacial score (nSPS) is 35.6. The summed E-state index contributed by atoms with van der Waals surface area (Å²) in [7, 11) is 0. The van der Waals surface area contributed by atoms with Crippen LogP contribution in [0.25, 0.3) is 0 Å². The standard InChI is InChI=1S/C12H24O11.H2O/c13-1-4(15)7(17)8(18)5(16)3-22-12-11(21)10(20)9(19)6(2-14)23-12;/h4-21H,1-3H2;1H2/t4-,5+,6-,7-,8-,9+,10+,11-,12?;/m1./s1. The van der Waals surface area contributed by atoms with E-state index in [0.29, 0.717) is 0 Å². The molecule has 1 rings (SSSR count). The molecule has 0 saturated carbocycles. The third-order valence-corrected chi connectivity index (χ3v) is 3.61. The average Bonchev–Trinajstić information content (AvgIpc) is 2.56. The van der Waals surface area contributed by atoms with Crippen LogP contribution in [-0.4, -0.2) is 126 Å². The second-order valence-electron chi connectivity index (χ2n) is 5.33. The van der Waals surface area contributed by atoms with Gasteiger partial charge < -0.3 is 60.9 Å². The molecule has 0 aliphatic carbocycles. The van der Waals surface area contributed by atoms with Gasteiger partial charge in [0.25, 0.3) is 0 Å². The molecule has 9 atom stereocenters. The summed E-state index contributed by atoms with van der Waals surface area (Å²) in [5.74, 6) is 0. The molecule has 1 saturated heterocycles. The molecule has 1 heterocycles. The highest BCUT2D eigenvalue weighted by atomic mass is 16.7. The van der Waals surface area contributed by atoms with E-state index in [1.54, 1.807) is 0 Å². The lowest BCUT2D eigenvalue weighted by molar-refractivity contribution is -0.306. The third kappa shape index (κ3) is 5.52. The average molecular weight is 362 g/mol. The van der Waals surface area contributed by atoms with Crippen molar-refractivity contribution < 1.29 is 60.9 Å². The number of ether oxygens (including phenoxy) is 2. The largest absolute Gasteiger partial charge is 0.412 e. The molecule has 1 aliphatic rings. The topological polar surface area (TPSA) is 232 Å². The van der Waals surface area contributed by atoms with Crippen LogP contribution in [0.4, 0.5) is 0 Å². The lowest BCUT2D eigenvalue weighted by Crippen LogP contribution is -2.59. The molecular weight excluding hydrogens is 336 g/mol. The van der Waals surface area contributed by atoms with E-state index in [9.17, 15) is 35.7 Å². The van der Waals surface area contributed by atoms with E-state index in [1.807, 2.05) is 0 Å². The highest BCUT2D eigenvalue weighted by molar-refractivity contribution is 4.89. The van der Waals surface area contributed by atoms with Crippen LogP contribution in [0.3, 0.4) is 0 Å². The van der Waals surface area contributed by atoms with Crippen LogP contribution in [0.15, 0.2) is 0 Å². The van der Waals surface area contributed by atoms with Crippen molar-refractivity contribution in [2.45, 2.75) is 55.1 Å². The lowest BCUT2D eigenvalue weighted by Gasteiger charge is -2.40. The first-order chi connectivity index (χ1) is 10.7. The van der Waals surface area contributed by atoms with Crippen LogP contribution in [0.1, 0.15) is 0 Å². The summed E-state index contributed by atoms with van der Waals surface area (Å²) < 4.78 is 9.99. The Morgan fingerprint density at radius 3 is 1.88 bits per heavy atom. The molecule has 0 bridgehead atoms. The first-order valence-corrected chi connectivity index (χ1v) is 6.99. The number of aliphatic hydroxyl groups is 9. The van der Waals surface area contributed by atoms with Crippen LogP contribution < -0.4 is 0 Å². The summed E-state index contributed by atoms with van der Waals surface area (Å²) in [5, 5.41) is 84.4.